The van der Waals surface area contributed by atoms with Gasteiger partial charge in [-0.05, 0) is 58.4 Å². The number of hydrogen-bond donors (Lipinski definition) is 0. The van der Waals surface area contributed by atoms with Gasteiger partial charge >= 0.3 is 12.4 Å². The van der Waals surface area contributed by atoms with E-state index in [1.54, 1.807) is 22.7 Å². The summed E-state index contributed by atoms with van der Waals surface area (Å²) in [5, 5.41) is 3.01. The number of halogens is 8. The number of alkyl halides is 6. The van der Waals surface area contributed by atoms with Crippen LogP contribution in [0.4, 0.5) is 26.3 Å². The molecule has 4 rings (SSSR count). The Morgan fingerprint density at radius 1 is 1.09 bits per heavy atom. The van der Waals surface area contributed by atoms with Crippen LogP contribution in [-0.2, 0) is 16.6 Å². The Morgan fingerprint density at radius 2 is 1.84 bits per heavy atom. The molecule has 2 aromatic heterocycles. The highest BCUT2D eigenvalue weighted by atomic mass is 79.9. The van der Waals surface area contributed by atoms with Crippen LogP contribution in [-0.4, -0.2) is 21.3 Å². The number of allylic oxidation sites excluding steroid dienone is 1. The standard InChI is InChI=1S/C20H11BrClF6N3O/c21-16-4-3-15(31-10-29-9-17(16)31)2-1-14-8-18(32-30-14,20(26,27)28)11-5-12(19(23,24)25)7-13(22)6-11/h1-7,9-10H,8H2/b2-1+. The van der Waals surface area contributed by atoms with Crippen molar-refractivity contribution in [2.24, 2.45) is 5.16 Å². The van der Waals surface area contributed by atoms with E-state index < -0.39 is 40.5 Å². The van der Waals surface area contributed by atoms with Crippen LogP contribution < -0.4 is 0 Å². The van der Waals surface area contributed by atoms with E-state index >= 15 is 0 Å². The van der Waals surface area contributed by atoms with Crippen LogP contribution in [0.2, 0.25) is 5.02 Å². The van der Waals surface area contributed by atoms with E-state index in [0.717, 1.165) is 16.1 Å². The average Bonchev–Trinajstić information content (AvgIpc) is 3.35. The SMILES string of the molecule is FC(F)(F)c1cc(Cl)cc(C2(C(F)(F)F)CC(/C=C/c3ccc(Br)c4cncn34)=NO2)c1. The van der Waals surface area contributed by atoms with Gasteiger partial charge in [-0.2, -0.15) is 26.3 Å². The van der Waals surface area contributed by atoms with Crippen LogP contribution in [0.25, 0.3) is 11.6 Å². The fourth-order valence-electron chi connectivity index (χ4n) is 3.32. The number of pyridine rings is 1. The van der Waals surface area contributed by atoms with E-state index in [1.807, 2.05) is 0 Å². The number of benzene rings is 1. The van der Waals surface area contributed by atoms with Crippen molar-refractivity contribution in [1.82, 2.24) is 9.38 Å². The van der Waals surface area contributed by atoms with Crippen LogP contribution in [0.1, 0.15) is 23.2 Å². The summed E-state index contributed by atoms with van der Waals surface area (Å²) < 4.78 is 84.0. The van der Waals surface area contributed by atoms with Gasteiger partial charge in [-0.25, -0.2) is 4.98 Å². The van der Waals surface area contributed by atoms with E-state index in [4.69, 9.17) is 16.4 Å². The minimum Gasteiger partial charge on any atom is -0.374 e. The molecule has 168 valence electrons. The van der Waals surface area contributed by atoms with E-state index in [0.29, 0.717) is 17.8 Å². The first-order valence-corrected chi connectivity index (χ1v) is 10.1. The van der Waals surface area contributed by atoms with Crippen molar-refractivity contribution in [2.75, 3.05) is 0 Å². The van der Waals surface area contributed by atoms with Crippen molar-refractivity contribution in [3.63, 3.8) is 0 Å². The summed E-state index contributed by atoms with van der Waals surface area (Å²) in [5.41, 5.74) is -3.96. The van der Waals surface area contributed by atoms with Crippen LogP contribution >= 0.6 is 27.5 Å². The van der Waals surface area contributed by atoms with Crippen LogP contribution in [0.3, 0.4) is 0 Å². The molecule has 3 heterocycles. The third-order valence-electron chi connectivity index (χ3n) is 4.91. The Balaban J connectivity index is 1.69. The van der Waals surface area contributed by atoms with Crippen LogP contribution in [0.15, 0.2) is 58.6 Å². The van der Waals surface area contributed by atoms with Crippen molar-refractivity contribution in [2.45, 2.75) is 24.4 Å². The van der Waals surface area contributed by atoms with Crippen molar-refractivity contribution in [1.29, 1.82) is 0 Å². The molecule has 1 aliphatic heterocycles. The minimum absolute atomic E-state index is 0.105. The molecule has 0 bridgehead atoms. The van der Waals surface area contributed by atoms with E-state index in [1.165, 1.54) is 18.5 Å². The maximum absolute atomic E-state index is 14.0. The first kappa shape index (κ1) is 22.7. The summed E-state index contributed by atoms with van der Waals surface area (Å²) in [6.07, 6.45) is -4.82. The van der Waals surface area contributed by atoms with Crippen molar-refractivity contribution in [3.8, 4) is 0 Å². The van der Waals surface area contributed by atoms with Crippen molar-refractivity contribution < 1.29 is 31.2 Å². The molecule has 0 saturated heterocycles. The second-order valence-corrected chi connectivity index (χ2v) is 8.28. The minimum atomic E-state index is -5.06. The molecule has 4 nitrogen and oxygen atoms in total. The molecular formula is C20H11BrClF6N3O. The largest absolute Gasteiger partial charge is 0.435 e. The number of aromatic nitrogens is 2. The van der Waals surface area contributed by atoms with E-state index in [-0.39, 0.29) is 5.71 Å². The number of hydrogen-bond acceptors (Lipinski definition) is 3. The second-order valence-electron chi connectivity index (χ2n) is 6.99. The summed E-state index contributed by atoms with van der Waals surface area (Å²) in [4.78, 5) is 8.79. The Bertz CT molecular complexity index is 1250. The molecule has 1 aromatic carbocycles. The molecule has 32 heavy (non-hydrogen) atoms. The summed E-state index contributed by atoms with van der Waals surface area (Å²) in [7, 11) is 0. The van der Waals surface area contributed by atoms with E-state index in [9.17, 15) is 26.3 Å². The van der Waals surface area contributed by atoms with Crippen molar-refractivity contribution in [3.05, 3.63) is 75.2 Å². The molecule has 1 unspecified atom stereocenters. The van der Waals surface area contributed by atoms with Crippen LogP contribution in [0.5, 0.6) is 0 Å². The topological polar surface area (TPSA) is 38.9 Å². The molecule has 0 aliphatic carbocycles. The van der Waals surface area contributed by atoms with Gasteiger partial charge in [0.05, 0.1) is 29.3 Å². The molecule has 1 aliphatic rings. The van der Waals surface area contributed by atoms with Gasteiger partial charge in [0.15, 0.2) is 0 Å². The lowest BCUT2D eigenvalue weighted by Crippen LogP contribution is -2.42. The van der Waals surface area contributed by atoms with E-state index in [2.05, 4.69) is 26.1 Å². The third-order valence-corrected chi connectivity index (χ3v) is 5.80. The summed E-state index contributed by atoms with van der Waals surface area (Å²) >= 11 is 9.07. The molecule has 0 radical (unpaired) electrons. The van der Waals surface area contributed by atoms with Gasteiger partial charge in [-0.3, -0.25) is 4.40 Å². The molecule has 12 heteroatoms. The lowest BCUT2D eigenvalue weighted by Gasteiger charge is -2.30. The van der Waals surface area contributed by atoms with Gasteiger partial charge in [0.2, 0.25) is 0 Å². The Hall–Kier alpha value is -2.53. The third kappa shape index (κ3) is 3.99. The lowest BCUT2D eigenvalue weighted by molar-refractivity contribution is -0.276. The molecule has 3 aromatic rings. The monoisotopic (exact) mass is 537 g/mol. The smallest absolute Gasteiger partial charge is 0.374 e. The van der Waals surface area contributed by atoms with Gasteiger partial charge in [-0.15, -0.1) is 0 Å². The second kappa shape index (κ2) is 7.80. The van der Waals surface area contributed by atoms with Gasteiger partial charge in [-0.1, -0.05) is 16.8 Å². The zero-order valence-corrected chi connectivity index (χ0v) is 18.0. The molecule has 0 amide bonds. The fraction of sp³-hybridized carbons (Fsp3) is 0.200. The maximum atomic E-state index is 14.0. The fourth-order valence-corrected chi connectivity index (χ4v) is 3.98. The zero-order chi connectivity index (χ0) is 23.3. The number of fused-ring (bicyclic) bond motifs is 1. The number of imidazole rings is 1. The molecule has 0 N–H and O–H groups in total. The Labute approximate surface area is 190 Å². The predicted octanol–water partition coefficient (Wildman–Crippen LogP) is 7.02. The Morgan fingerprint density at radius 3 is 2.53 bits per heavy atom. The number of oxime groups is 1. The summed E-state index contributed by atoms with van der Waals surface area (Å²) in [5.74, 6) is 0. The maximum Gasteiger partial charge on any atom is 0.435 e. The van der Waals surface area contributed by atoms with Gasteiger partial charge in [0, 0.05) is 27.2 Å². The zero-order valence-electron chi connectivity index (χ0n) is 15.7. The van der Waals surface area contributed by atoms with Gasteiger partial charge < -0.3 is 4.84 Å². The average molecular weight is 539 g/mol. The molecule has 0 fully saturated rings. The number of nitrogens with zero attached hydrogens (tertiary/aromatic N) is 3. The summed E-state index contributed by atoms with van der Waals surface area (Å²) in [6.45, 7) is 0. The normalized spacial score (nSPS) is 19.6. The molecule has 0 saturated carbocycles. The highest BCUT2D eigenvalue weighted by Crippen LogP contribution is 2.49. The Kier molecular flexibility index (Phi) is 5.52. The highest BCUT2D eigenvalue weighted by Gasteiger charge is 2.62. The lowest BCUT2D eigenvalue weighted by atomic mass is 9.87. The first-order chi connectivity index (χ1) is 14.9. The number of rotatable bonds is 3. The van der Waals surface area contributed by atoms with Crippen LogP contribution in [0, 0.1) is 0 Å². The van der Waals surface area contributed by atoms with Gasteiger partial charge in [0.25, 0.3) is 5.60 Å². The summed E-state index contributed by atoms with van der Waals surface area (Å²) in [6, 6.07) is 5.18. The van der Waals surface area contributed by atoms with Gasteiger partial charge in [0.1, 0.15) is 0 Å². The highest BCUT2D eigenvalue weighted by molar-refractivity contribution is 9.10. The van der Waals surface area contributed by atoms with Crippen molar-refractivity contribution >= 4 is 44.8 Å². The molecule has 0 spiro atoms. The quantitative estimate of drug-likeness (QED) is 0.336. The first-order valence-electron chi connectivity index (χ1n) is 8.89. The molecular weight excluding hydrogens is 528 g/mol. The predicted molar refractivity (Wildman–Crippen MR) is 109 cm³/mol. The molecule has 1 atom stereocenters.